The summed E-state index contributed by atoms with van der Waals surface area (Å²) in [6, 6.07) is 2.16. The molecule has 1 aliphatic heterocycles. The van der Waals surface area contributed by atoms with Crippen LogP contribution in [0.3, 0.4) is 0 Å². The summed E-state index contributed by atoms with van der Waals surface area (Å²) in [6.45, 7) is 2.83. The van der Waals surface area contributed by atoms with E-state index < -0.39 is 18.0 Å². The number of amides is 2. The van der Waals surface area contributed by atoms with E-state index in [-0.39, 0.29) is 0 Å². The van der Waals surface area contributed by atoms with Gasteiger partial charge >= 0.3 is 12.0 Å². The molecule has 108 valence electrons. The van der Waals surface area contributed by atoms with Crippen molar-refractivity contribution >= 4 is 17.7 Å². The van der Waals surface area contributed by atoms with Crippen molar-refractivity contribution < 1.29 is 19.4 Å². The zero-order valence-electron chi connectivity index (χ0n) is 11.2. The number of likely N-dealkylation sites (tertiary alicyclic amines) is 1. The number of carbonyl (C=O) groups excluding carboxylic acids is 1. The van der Waals surface area contributed by atoms with Gasteiger partial charge in [-0.15, -0.1) is 0 Å². The van der Waals surface area contributed by atoms with E-state index in [9.17, 15) is 9.59 Å². The molecule has 0 bridgehead atoms. The highest BCUT2D eigenvalue weighted by Gasteiger charge is 2.33. The average molecular weight is 279 g/mol. The Morgan fingerprint density at radius 3 is 2.95 bits per heavy atom. The number of hydrogen-bond acceptors (Lipinski definition) is 4. The van der Waals surface area contributed by atoms with Crippen molar-refractivity contribution in [3.05, 3.63) is 18.3 Å². The van der Waals surface area contributed by atoms with Crippen LogP contribution in [-0.4, -0.2) is 46.2 Å². The van der Waals surface area contributed by atoms with Crippen LogP contribution in [0.2, 0.25) is 0 Å². The van der Waals surface area contributed by atoms with Crippen LogP contribution in [0.4, 0.5) is 10.5 Å². The molecule has 1 fully saturated rings. The number of hydrogen-bond donors (Lipinski definition) is 2. The van der Waals surface area contributed by atoms with Crippen molar-refractivity contribution in [2.75, 3.05) is 18.5 Å². The molecule has 2 N–H and O–H groups in total. The smallest absolute Gasteiger partial charge is 0.326 e. The van der Waals surface area contributed by atoms with Gasteiger partial charge in [-0.1, -0.05) is 0 Å². The van der Waals surface area contributed by atoms with Crippen LogP contribution in [0, 0.1) is 0 Å². The summed E-state index contributed by atoms with van der Waals surface area (Å²) in [5, 5.41) is 11.7. The van der Waals surface area contributed by atoms with E-state index in [2.05, 4.69) is 10.3 Å². The van der Waals surface area contributed by atoms with Crippen molar-refractivity contribution in [2.24, 2.45) is 0 Å². The predicted octanol–water partition coefficient (Wildman–Crippen LogP) is 1.56. The van der Waals surface area contributed by atoms with Gasteiger partial charge in [0.2, 0.25) is 5.88 Å². The zero-order chi connectivity index (χ0) is 14.5. The Labute approximate surface area is 116 Å². The van der Waals surface area contributed by atoms with E-state index in [0.29, 0.717) is 37.6 Å². The topological polar surface area (TPSA) is 91.8 Å². The largest absolute Gasteiger partial charge is 0.480 e. The first-order valence-corrected chi connectivity index (χ1v) is 6.51. The standard InChI is InChI=1S/C13H17N3O4/c1-2-20-11-6-5-9(8-14-11)15-13(19)16-7-3-4-10(16)12(17)18/h5-6,8,10H,2-4,7H2,1H3,(H,15,19)(H,17,18)/t10-/m1/s1. The minimum absolute atomic E-state index is 0.416. The van der Waals surface area contributed by atoms with E-state index >= 15 is 0 Å². The number of nitrogens with zero attached hydrogens (tertiary/aromatic N) is 2. The Hall–Kier alpha value is -2.31. The molecular formula is C13H17N3O4. The van der Waals surface area contributed by atoms with E-state index in [1.54, 1.807) is 12.1 Å². The summed E-state index contributed by atoms with van der Waals surface area (Å²) >= 11 is 0. The monoisotopic (exact) mass is 279 g/mol. The van der Waals surface area contributed by atoms with Gasteiger partial charge in [0.05, 0.1) is 18.5 Å². The molecule has 20 heavy (non-hydrogen) atoms. The van der Waals surface area contributed by atoms with E-state index in [0.717, 1.165) is 0 Å². The maximum Gasteiger partial charge on any atom is 0.326 e. The molecule has 1 atom stereocenters. The normalized spacial score (nSPS) is 17.9. The van der Waals surface area contributed by atoms with Crippen LogP contribution in [0.15, 0.2) is 18.3 Å². The Balaban J connectivity index is 1.98. The van der Waals surface area contributed by atoms with Gasteiger partial charge in [0.25, 0.3) is 0 Å². The fourth-order valence-corrected chi connectivity index (χ4v) is 2.15. The number of aliphatic carboxylic acids is 1. The molecule has 0 aromatic carbocycles. The number of pyridine rings is 1. The molecule has 7 nitrogen and oxygen atoms in total. The highest BCUT2D eigenvalue weighted by Crippen LogP contribution is 2.19. The number of nitrogens with one attached hydrogen (secondary N) is 1. The summed E-state index contributed by atoms with van der Waals surface area (Å²) < 4.78 is 5.20. The van der Waals surface area contributed by atoms with Gasteiger partial charge in [-0.2, -0.15) is 0 Å². The number of urea groups is 1. The second-order valence-electron chi connectivity index (χ2n) is 4.44. The molecule has 1 aromatic rings. The second kappa shape index (κ2) is 6.23. The lowest BCUT2D eigenvalue weighted by molar-refractivity contribution is -0.141. The van der Waals surface area contributed by atoms with Crippen LogP contribution in [-0.2, 0) is 4.79 Å². The highest BCUT2D eigenvalue weighted by molar-refractivity contribution is 5.92. The molecule has 7 heteroatoms. The SMILES string of the molecule is CCOc1ccc(NC(=O)N2CCC[C@@H]2C(=O)O)cn1. The molecule has 0 aliphatic carbocycles. The third kappa shape index (κ3) is 3.17. The highest BCUT2D eigenvalue weighted by atomic mass is 16.5. The fraction of sp³-hybridized carbons (Fsp3) is 0.462. The Bertz CT molecular complexity index is 489. The number of carboxylic acid groups (broad SMARTS) is 1. The van der Waals surface area contributed by atoms with E-state index in [1.807, 2.05) is 6.92 Å². The molecule has 0 unspecified atom stereocenters. The second-order valence-corrected chi connectivity index (χ2v) is 4.44. The van der Waals surface area contributed by atoms with Crippen molar-refractivity contribution in [1.29, 1.82) is 0 Å². The van der Waals surface area contributed by atoms with Gasteiger partial charge in [0.15, 0.2) is 0 Å². The zero-order valence-corrected chi connectivity index (χ0v) is 11.2. The van der Waals surface area contributed by atoms with E-state index in [4.69, 9.17) is 9.84 Å². The third-order valence-electron chi connectivity index (χ3n) is 3.08. The minimum atomic E-state index is -0.970. The summed E-state index contributed by atoms with van der Waals surface area (Å²) in [5.74, 6) is -0.488. The van der Waals surface area contributed by atoms with Crippen molar-refractivity contribution in [3.8, 4) is 5.88 Å². The van der Waals surface area contributed by atoms with Crippen molar-refractivity contribution in [2.45, 2.75) is 25.8 Å². The van der Waals surface area contributed by atoms with Crippen LogP contribution in [0.1, 0.15) is 19.8 Å². The molecule has 1 aliphatic rings. The molecule has 0 spiro atoms. The first kappa shape index (κ1) is 14.1. The number of carbonyl (C=O) groups is 2. The maximum absolute atomic E-state index is 12.0. The number of carboxylic acids is 1. The summed E-state index contributed by atoms with van der Waals surface area (Å²) in [7, 11) is 0. The Morgan fingerprint density at radius 2 is 2.35 bits per heavy atom. The molecular weight excluding hydrogens is 262 g/mol. The lowest BCUT2D eigenvalue weighted by Crippen LogP contribution is -2.42. The first-order valence-electron chi connectivity index (χ1n) is 6.51. The first-order chi connectivity index (χ1) is 9.61. The number of ether oxygens (including phenoxy) is 1. The van der Waals surface area contributed by atoms with Gasteiger partial charge in [-0.05, 0) is 25.8 Å². The molecule has 0 radical (unpaired) electrons. The summed E-state index contributed by atoms with van der Waals surface area (Å²) in [6.07, 6.45) is 2.67. The third-order valence-corrected chi connectivity index (χ3v) is 3.08. The molecule has 2 heterocycles. The molecule has 2 amide bonds. The van der Waals surface area contributed by atoms with Gasteiger partial charge in [0, 0.05) is 12.6 Å². The van der Waals surface area contributed by atoms with Crippen LogP contribution in [0.5, 0.6) is 5.88 Å². The minimum Gasteiger partial charge on any atom is -0.480 e. The molecule has 1 aromatic heterocycles. The van der Waals surface area contributed by atoms with Crippen LogP contribution in [0.25, 0.3) is 0 Å². The van der Waals surface area contributed by atoms with Gasteiger partial charge < -0.3 is 20.1 Å². The van der Waals surface area contributed by atoms with Gasteiger partial charge in [-0.25, -0.2) is 14.6 Å². The Morgan fingerprint density at radius 1 is 1.55 bits per heavy atom. The van der Waals surface area contributed by atoms with Crippen LogP contribution < -0.4 is 10.1 Å². The maximum atomic E-state index is 12.0. The average Bonchev–Trinajstić information content (AvgIpc) is 2.91. The molecule has 1 saturated heterocycles. The predicted molar refractivity (Wildman–Crippen MR) is 71.8 cm³/mol. The lowest BCUT2D eigenvalue weighted by Gasteiger charge is -2.21. The number of rotatable bonds is 4. The number of aromatic nitrogens is 1. The molecule has 2 rings (SSSR count). The Kier molecular flexibility index (Phi) is 4.39. The number of anilines is 1. The van der Waals surface area contributed by atoms with Crippen molar-refractivity contribution in [1.82, 2.24) is 9.88 Å². The van der Waals surface area contributed by atoms with Crippen LogP contribution >= 0.6 is 0 Å². The quantitative estimate of drug-likeness (QED) is 0.872. The lowest BCUT2D eigenvalue weighted by atomic mass is 10.2. The summed E-state index contributed by atoms with van der Waals surface area (Å²) in [4.78, 5) is 28.4. The van der Waals surface area contributed by atoms with Gasteiger partial charge in [-0.3, -0.25) is 0 Å². The molecule has 0 saturated carbocycles. The van der Waals surface area contributed by atoms with Crippen molar-refractivity contribution in [3.63, 3.8) is 0 Å². The van der Waals surface area contributed by atoms with E-state index in [1.165, 1.54) is 11.1 Å². The fourth-order valence-electron chi connectivity index (χ4n) is 2.15. The van der Waals surface area contributed by atoms with Gasteiger partial charge in [0.1, 0.15) is 6.04 Å². The summed E-state index contributed by atoms with van der Waals surface area (Å²) in [5.41, 5.74) is 0.509.